The van der Waals surface area contributed by atoms with E-state index in [9.17, 15) is 9.59 Å². The largest absolute Gasteiger partial charge is 0.388 e. The monoisotopic (exact) mass is 518 g/mol. The second kappa shape index (κ2) is 15.3. The van der Waals surface area contributed by atoms with Gasteiger partial charge in [-0.2, -0.15) is 0 Å². The number of nitrogens with zero attached hydrogens (tertiary/aromatic N) is 2. The smallest absolute Gasteiger partial charge is 0.236 e. The zero-order chi connectivity index (χ0) is 24.8. The minimum absolute atomic E-state index is 0.147. The van der Waals surface area contributed by atoms with Crippen molar-refractivity contribution >= 4 is 34.1 Å². The molecule has 1 aliphatic heterocycles. The van der Waals surface area contributed by atoms with E-state index in [1.165, 1.54) is 30.8 Å². The summed E-state index contributed by atoms with van der Waals surface area (Å²) in [4.78, 5) is 27.2. The summed E-state index contributed by atoms with van der Waals surface area (Å²) in [5.74, 6) is -1.03. The first kappa shape index (κ1) is 28.5. The number of methoxy groups -OCH3 is 1. The van der Waals surface area contributed by atoms with Crippen LogP contribution >= 0.6 is 15.9 Å². The summed E-state index contributed by atoms with van der Waals surface area (Å²) in [6.07, 6.45) is 3.57. The second-order valence-electron chi connectivity index (χ2n) is 7.87. The Kier molecular flexibility index (Phi) is 13.2. The van der Waals surface area contributed by atoms with Crippen molar-refractivity contribution in [2.45, 2.75) is 32.2 Å². The fourth-order valence-electron chi connectivity index (χ4n) is 3.26. The van der Waals surface area contributed by atoms with Gasteiger partial charge in [-0.25, -0.2) is 0 Å². The van der Waals surface area contributed by atoms with E-state index in [-0.39, 0.29) is 18.4 Å². The molecule has 3 N–H and O–H groups in total. The second-order valence-corrected chi connectivity index (χ2v) is 8.78. The van der Waals surface area contributed by atoms with Gasteiger partial charge in [-0.3, -0.25) is 19.9 Å². The number of hydrogen-bond donors (Lipinski definition) is 2. The number of rotatable bonds is 5. The Labute approximate surface area is 205 Å². The Morgan fingerprint density at radius 3 is 2.30 bits per heavy atom. The molecule has 180 valence electrons. The van der Waals surface area contributed by atoms with Crippen LogP contribution in [0.1, 0.15) is 47.2 Å². The van der Waals surface area contributed by atoms with Crippen LogP contribution in [-0.2, 0) is 16.1 Å². The van der Waals surface area contributed by atoms with Gasteiger partial charge < -0.3 is 15.4 Å². The Morgan fingerprint density at radius 1 is 1.21 bits per heavy atom. The number of carbonyl (C=O) groups is 2. The molecule has 1 amide bonds. The van der Waals surface area contributed by atoms with Crippen molar-refractivity contribution in [3.8, 4) is 0 Å². The standard InChI is InChI=1S/C18H18BrN3O2.C5H11N.C2H6O/c1-12(15-6-3-7-16(19)9-15)17(24)22(18(20)21)10-13-4-2-5-14(8-13)11-23;1-6-4-2-3-5-6;1-3-2/h2-9,11-12H,10H2,1H3,(H3,20,21);2-5H2,1H3;1-2H3. The molecule has 7 nitrogen and oxygen atoms in total. The number of amides is 1. The lowest BCUT2D eigenvalue weighted by Gasteiger charge is -2.24. The molecule has 1 heterocycles. The average Bonchev–Trinajstić information content (AvgIpc) is 3.28. The summed E-state index contributed by atoms with van der Waals surface area (Å²) in [6, 6.07) is 14.4. The molecule has 0 spiro atoms. The molecule has 8 heteroatoms. The summed E-state index contributed by atoms with van der Waals surface area (Å²) >= 11 is 3.39. The Bertz CT molecular complexity index is 901. The number of carbonyl (C=O) groups excluding carboxylic acids is 2. The molecule has 1 atom stereocenters. The van der Waals surface area contributed by atoms with Crippen LogP contribution in [0.5, 0.6) is 0 Å². The summed E-state index contributed by atoms with van der Waals surface area (Å²) in [5, 5.41) is 7.73. The fourth-order valence-corrected chi connectivity index (χ4v) is 3.67. The maximum absolute atomic E-state index is 12.8. The molecule has 33 heavy (non-hydrogen) atoms. The van der Waals surface area contributed by atoms with Crippen LogP contribution in [-0.4, -0.2) is 62.3 Å². The quantitative estimate of drug-likeness (QED) is 0.349. The van der Waals surface area contributed by atoms with E-state index < -0.39 is 5.92 Å². The number of benzene rings is 2. The lowest BCUT2D eigenvalue weighted by atomic mass is 9.99. The summed E-state index contributed by atoms with van der Waals surface area (Å²) in [6.45, 7) is 4.57. The average molecular weight is 519 g/mol. The molecule has 3 rings (SSSR count). The van der Waals surface area contributed by atoms with E-state index in [0.29, 0.717) is 5.56 Å². The van der Waals surface area contributed by atoms with E-state index in [1.807, 2.05) is 24.3 Å². The number of likely N-dealkylation sites (tertiary alicyclic amines) is 1. The van der Waals surface area contributed by atoms with Crippen molar-refractivity contribution in [1.82, 2.24) is 9.80 Å². The molecule has 1 aliphatic rings. The van der Waals surface area contributed by atoms with Gasteiger partial charge in [-0.05, 0) is 69.2 Å². The molecule has 1 unspecified atom stereocenters. The molecule has 0 saturated carbocycles. The number of hydrogen-bond acceptors (Lipinski definition) is 5. The normalized spacial score (nSPS) is 13.6. The minimum atomic E-state index is -0.444. The topological polar surface area (TPSA) is 99.7 Å². The van der Waals surface area contributed by atoms with Crippen LogP contribution in [0.25, 0.3) is 0 Å². The van der Waals surface area contributed by atoms with Gasteiger partial charge >= 0.3 is 0 Å². The van der Waals surface area contributed by atoms with Crippen molar-refractivity contribution in [3.05, 3.63) is 69.7 Å². The molecule has 2 aromatic rings. The van der Waals surface area contributed by atoms with Gasteiger partial charge in [-0.15, -0.1) is 0 Å². The van der Waals surface area contributed by atoms with Gasteiger partial charge in [0, 0.05) is 24.3 Å². The molecule has 1 fully saturated rings. The maximum atomic E-state index is 12.8. The SMILES string of the molecule is CC(C(=O)N(Cc1cccc(C=O)c1)C(=N)N)c1cccc(Br)c1.CN1CCCC1.COC. The predicted molar refractivity (Wildman–Crippen MR) is 137 cm³/mol. The highest BCUT2D eigenvalue weighted by atomic mass is 79.9. The zero-order valence-electron chi connectivity index (χ0n) is 19.9. The van der Waals surface area contributed by atoms with E-state index in [2.05, 4.69) is 32.6 Å². The molecule has 0 aliphatic carbocycles. The highest BCUT2D eigenvalue weighted by molar-refractivity contribution is 9.10. The molecule has 2 aromatic carbocycles. The first-order chi connectivity index (χ1) is 15.7. The third kappa shape index (κ3) is 10.3. The van der Waals surface area contributed by atoms with Crippen molar-refractivity contribution in [3.63, 3.8) is 0 Å². The number of ether oxygens (including phenoxy) is 1. The summed E-state index contributed by atoms with van der Waals surface area (Å²) in [5.41, 5.74) is 7.70. The first-order valence-corrected chi connectivity index (χ1v) is 11.6. The Morgan fingerprint density at radius 2 is 1.82 bits per heavy atom. The Hall–Kier alpha value is -2.55. The number of nitrogens with one attached hydrogen (secondary N) is 1. The highest BCUT2D eigenvalue weighted by Crippen LogP contribution is 2.22. The summed E-state index contributed by atoms with van der Waals surface area (Å²) < 4.78 is 5.13. The number of guanidine groups is 1. The van der Waals surface area contributed by atoms with Crippen LogP contribution in [0.3, 0.4) is 0 Å². The molecule has 0 bridgehead atoms. The van der Waals surface area contributed by atoms with Crippen molar-refractivity contribution < 1.29 is 14.3 Å². The molecule has 0 aromatic heterocycles. The lowest BCUT2D eigenvalue weighted by molar-refractivity contribution is -0.129. The number of nitrogens with two attached hydrogens (primary N) is 1. The lowest BCUT2D eigenvalue weighted by Crippen LogP contribution is -2.42. The van der Waals surface area contributed by atoms with Crippen LogP contribution in [0.4, 0.5) is 0 Å². The van der Waals surface area contributed by atoms with Crippen LogP contribution in [0.2, 0.25) is 0 Å². The predicted octanol–water partition coefficient (Wildman–Crippen LogP) is 4.26. The zero-order valence-corrected chi connectivity index (χ0v) is 21.5. The first-order valence-electron chi connectivity index (χ1n) is 10.8. The van der Waals surface area contributed by atoms with Crippen LogP contribution in [0, 0.1) is 5.41 Å². The van der Waals surface area contributed by atoms with Gasteiger partial charge in [0.2, 0.25) is 5.91 Å². The van der Waals surface area contributed by atoms with E-state index in [0.717, 1.165) is 21.9 Å². The molecular formula is C25H35BrN4O3. The minimum Gasteiger partial charge on any atom is -0.388 e. The van der Waals surface area contributed by atoms with E-state index in [4.69, 9.17) is 11.1 Å². The molecular weight excluding hydrogens is 484 g/mol. The van der Waals surface area contributed by atoms with Crippen LogP contribution < -0.4 is 5.73 Å². The number of halogens is 1. The molecule has 1 saturated heterocycles. The van der Waals surface area contributed by atoms with Gasteiger partial charge in [-0.1, -0.05) is 46.3 Å². The van der Waals surface area contributed by atoms with Gasteiger partial charge in [0.05, 0.1) is 12.5 Å². The van der Waals surface area contributed by atoms with Crippen molar-refractivity contribution in [1.29, 1.82) is 5.41 Å². The van der Waals surface area contributed by atoms with Gasteiger partial charge in [0.25, 0.3) is 0 Å². The van der Waals surface area contributed by atoms with Gasteiger partial charge in [0.1, 0.15) is 6.29 Å². The third-order valence-electron chi connectivity index (χ3n) is 5.03. The molecule has 0 radical (unpaired) electrons. The number of aldehydes is 1. The van der Waals surface area contributed by atoms with E-state index >= 15 is 0 Å². The Balaban J connectivity index is 0.000000506. The highest BCUT2D eigenvalue weighted by Gasteiger charge is 2.24. The fraction of sp³-hybridized carbons (Fsp3) is 0.400. The van der Waals surface area contributed by atoms with E-state index in [1.54, 1.807) is 45.4 Å². The van der Waals surface area contributed by atoms with Gasteiger partial charge in [0.15, 0.2) is 5.96 Å². The van der Waals surface area contributed by atoms with Crippen molar-refractivity contribution in [2.24, 2.45) is 5.73 Å². The van der Waals surface area contributed by atoms with Crippen molar-refractivity contribution in [2.75, 3.05) is 34.4 Å². The summed E-state index contributed by atoms with van der Waals surface area (Å²) in [7, 11) is 5.42. The maximum Gasteiger partial charge on any atom is 0.236 e. The third-order valence-corrected chi connectivity index (χ3v) is 5.53. The van der Waals surface area contributed by atoms with Crippen LogP contribution in [0.15, 0.2) is 53.0 Å².